The molecule has 114 valence electrons. The molecule has 0 aliphatic carbocycles. The van der Waals surface area contributed by atoms with E-state index in [2.05, 4.69) is 20.1 Å². The SMILES string of the molecule is NC(=O)NC(=O)CCN1CCN(c2cc(Cl)ccn2)CC1. The molecule has 1 aromatic heterocycles. The average molecular weight is 312 g/mol. The van der Waals surface area contributed by atoms with Crippen molar-refractivity contribution in [1.82, 2.24) is 15.2 Å². The van der Waals surface area contributed by atoms with E-state index in [9.17, 15) is 9.59 Å². The fourth-order valence-corrected chi connectivity index (χ4v) is 2.38. The zero-order chi connectivity index (χ0) is 15.2. The second kappa shape index (κ2) is 7.24. The maximum atomic E-state index is 11.3. The number of amides is 3. The molecule has 0 bridgehead atoms. The van der Waals surface area contributed by atoms with Crippen LogP contribution in [-0.4, -0.2) is 54.5 Å². The van der Waals surface area contributed by atoms with Crippen molar-refractivity contribution in [3.05, 3.63) is 23.4 Å². The number of halogens is 1. The minimum atomic E-state index is -0.808. The normalized spacial score (nSPS) is 15.8. The monoisotopic (exact) mass is 311 g/mol. The maximum absolute atomic E-state index is 11.3. The molecular formula is C13H18ClN5O2. The van der Waals surface area contributed by atoms with Crippen molar-refractivity contribution in [3.63, 3.8) is 0 Å². The van der Waals surface area contributed by atoms with Gasteiger partial charge in [-0.1, -0.05) is 11.6 Å². The Morgan fingerprint density at radius 3 is 2.67 bits per heavy atom. The van der Waals surface area contributed by atoms with Crippen LogP contribution in [-0.2, 0) is 4.79 Å². The summed E-state index contributed by atoms with van der Waals surface area (Å²) in [5.74, 6) is 0.523. The largest absolute Gasteiger partial charge is 0.354 e. The van der Waals surface area contributed by atoms with Crippen molar-refractivity contribution >= 4 is 29.4 Å². The standard InChI is InChI=1S/C13H18ClN5O2/c14-10-1-3-16-11(9-10)19-7-5-18(6-8-19)4-2-12(20)17-13(15)21/h1,3,9H,2,4-8H2,(H3,15,17,20,21). The summed E-state index contributed by atoms with van der Waals surface area (Å²) in [6, 6.07) is 2.78. The topological polar surface area (TPSA) is 91.6 Å². The molecule has 7 nitrogen and oxygen atoms in total. The maximum Gasteiger partial charge on any atom is 0.318 e. The lowest BCUT2D eigenvalue weighted by Crippen LogP contribution is -2.47. The van der Waals surface area contributed by atoms with Gasteiger partial charge in [0.15, 0.2) is 0 Å². The van der Waals surface area contributed by atoms with E-state index in [1.54, 1.807) is 12.3 Å². The molecule has 21 heavy (non-hydrogen) atoms. The predicted octanol–water partition coefficient (Wildman–Crippen LogP) is 0.442. The number of aromatic nitrogens is 1. The van der Waals surface area contributed by atoms with Gasteiger partial charge in [-0.15, -0.1) is 0 Å². The van der Waals surface area contributed by atoms with Crippen LogP contribution in [0.5, 0.6) is 0 Å². The molecule has 2 rings (SSSR count). The quantitative estimate of drug-likeness (QED) is 0.842. The van der Waals surface area contributed by atoms with Gasteiger partial charge in [-0.2, -0.15) is 0 Å². The summed E-state index contributed by atoms with van der Waals surface area (Å²) in [6.07, 6.45) is 1.95. The molecule has 8 heteroatoms. The van der Waals surface area contributed by atoms with E-state index < -0.39 is 6.03 Å². The summed E-state index contributed by atoms with van der Waals surface area (Å²) >= 11 is 5.96. The van der Waals surface area contributed by atoms with Gasteiger partial charge in [0.25, 0.3) is 0 Å². The van der Waals surface area contributed by atoms with Crippen LogP contribution >= 0.6 is 11.6 Å². The Morgan fingerprint density at radius 1 is 1.33 bits per heavy atom. The van der Waals surface area contributed by atoms with Gasteiger partial charge in [-0.25, -0.2) is 9.78 Å². The first-order valence-electron chi connectivity index (χ1n) is 6.73. The molecular weight excluding hydrogens is 294 g/mol. The van der Waals surface area contributed by atoms with E-state index in [0.29, 0.717) is 11.6 Å². The molecule has 0 radical (unpaired) electrons. The molecule has 1 aliphatic heterocycles. The highest BCUT2D eigenvalue weighted by Crippen LogP contribution is 2.17. The van der Waals surface area contributed by atoms with Crippen molar-refractivity contribution in [1.29, 1.82) is 0 Å². The van der Waals surface area contributed by atoms with Gasteiger partial charge in [0.05, 0.1) is 0 Å². The third-order valence-corrected chi connectivity index (χ3v) is 3.56. The molecule has 0 spiro atoms. The number of hydrogen-bond acceptors (Lipinski definition) is 5. The Bertz CT molecular complexity index is 517. The number of carbonyl (C=O) groups is 2. The first kappa shape index (κ1) is 15.5. The lowest BCUT2D eigenvalue weighted by Gasteiger charge is -2.35. The van der Waals surface area contributed by atoms with Crippen molar-refractivity contribution in [2.24, 2.45) is 5.73 Å². The van der Waals surface area contributed by atoms with Gasteiger partial charge >= 0.3 is 6.03 Å². The number of primary amides is 1. The Balaban J connectivity index is 1.76. The molecule has 1 aliphatic rings. The number of carbonyl (C=O) groups excluding carboxylic acids is 2. The van der Waals surface area contributed by atoms with Gasteiger partial charge < -0.3 is 10.6 Å². The second-order valence-corrected chi connectivity index (χ2v) is 5.26. The number of nitrogens with two attached hydrogens (primary N) is 1. The Kier molecular flexibility index (Phi) is 5.35. The molecule has 0 aromatic carbocycles. The zero-order valence-corrected chi connectivity index (χ0v) is 12.3. The molecule has 1 aromatic rings. The number of urea groups is 1. The number of hydrogen-bond donors (Lipinski definition) is 2. The van der Waals surface area contributed by atoms with Gasteiger partial charge in [0.2, 0.25) is 5.91 Å². The van der Waals surface area contributed by atoms with Crippen LogP contribution in [0, 0.1) is 0 Å². The van der Waals surface area contributed by atoms with Crippen LogP contribution in [0.3, 0.4) is 0 Å². The van der Waals surface area contributed by atoms with Crippen LogP contribution in [0.4, 0.5) is 10.6 Å². The molecule has 1 fully saturated rings. The van der Waals surface area contributed by atoms with Crippen LogP contribution in [0.2, 0.25) is 5.02 Å². The van der Waals surface area contributed by atoms with E-state index in [0.717, 1.165) is 32.0 Å². The van der Waals surface area contributed by atoms with E-state index in [4.69, 9.17) is 17.3 Å². The fraction of sp³-hybridized carbons (Fsp3) is 0.462. The van der Waals surface area contributed by atoms with Gasteiger partial charge in [0, 0.05) is 50.4 Å². The third-order valence-electron chi connectivity index (χ3n) is 3.32. The number of piperazine rings is 1. The van der Waals surface area contributed by atoms with Crippen molar-refractivity contribution < 1.29 is 9.59 Å². The summed E-state index contributed by atoms with van der Waals surface area (Å²) in [5, 5.41) is 2.73. The molecule has 1 saturated heterocycles. The number of rotatable bonds is 4. The van der Waals surface area contributed by atoms with Gasteiger partial charge in [-0.05, 0) is 12.1 Å². The van der Waals surface area contributed by atoms with Gasteiger partial charge in [-0.3, -0.25) is 15.0 Å². The van der Waals surface area contributed by atoms with Crippen LogP contribution in [0.15, 0.2) is 18.3 Å². The van der Waals surface area contributed by atoms with Crippen LogP contribution in [0.25, 0.3) is 0 Å². The molecule has 0 saturated carbocycles. The smallest absolute Gasteiger partial charge is 0.318 e. The average Bonchev–Trinajstić information content (AvgIpc) is 2.45. The van der Waals surface area contributed by atoms with E-state index in [1.165, 1.54) is 0 Å². The lowest BCUT2D eigenvalue weighted by molar-refractivity contribution is -0.120. The minimum Gasteiger partial charge on any atom is -0.354 e. The Labute approximate surface area is 128 Å². The highest BCUT2D eigenvalue weighted by molar-refractivity contribution is 6.30. The van der Waals surface area contributed by atoms with E-state index in [-0.39, 0.29) is 12.3 Å². The molecule has 3 N–H and O–H groups in total. The first-order chi connectivity index (χ1) is 10.0. The fourth-order valence-electron chi connectivity index (χ4n) is 2.23. The lowest BCUT2D eigenvalue weighted by atomic mass is 10.2. The molecule has 0 unspecified atom stereocenters. The van der Waals surface area contributed by atoms with Crippen molar-refractivity contribution in [2.45, 2.75) is 6.42 Å². The minimum absolute atomic E-state index is 0.262. The highest BCUT2D eigenvalue weighted by Gasteiger charge is 2.18. The number of pyridine rings is 1. The van der Waals surface area contributed by atoms with E-state index in [1.807, 2.05) is 6.07 Å². The Hall–Kier alpha value is -1.86. The third kappa shape index (κ3) is 4.87. The predicted molar refractivity (Wildman–Crippen MR) is 80.2 cm³/mol. The number of anilines is 1. The summed E-state index contributed by atoms with van der Waals surface area (Å²) in [4.78, 5) is 30.5. The second-order valence-electron chi connectivity index (χ2n) is 4.82. The van der Waals surface area contributed by atoms with Crippen LogP contribution in [0.1, 0.15) is 6.42 Å². The molecule has 2 heterocycles. The number of nitrogens with zero attached hydrogens (tertiary/aromatic N) is 3. The highest BCUT2D eigenvalue weighted by atomic mass is 35.5. The first-order valence-corrected chi connectivity index (χ1v) is 7.10. The van der Waals surface area contributed by atoms with Crippen LogP contribution < -0.4 is 16.0 Å². The van der Waals surface area contributed by atoms with Crippen molar-refractivity contribution in [2.75, 3.05) is 37.6 Å². The summed E-state index contributed by atoms with van der Waals surface area (Å²) in [7, 11) is 0. The zero-order valence-electron chi connectivity index (χ0n) is 11.6. The number of imide groups is 1. The van der Waals surface area contributed by atoms with Gasteiger partial charge in [0.1, 0.15) is 5.82 Å². The molecule has 3 amide bonds. The summed E-state index contributed by atoms with van der Waals surface area (Å²) in [6.45, 7) is 3.92. The summed E-state index contributed by atoms with van der Waals surface area (Å²) in [5.41, 5.74) is 4.89. The summed E-state index contributed by atoms with van der Waals surface area (Å²) < 4.78 is 0. The number of nitrogens with one attached hydrogen (secondary N) is 1. The van der Waals surface area contributed by atoms with Crippen molar-refractivity contribution in [3.8, 4) is 0 Å². The Morgan fingerprint density at radius 2 is 2.05 bits per heavy atom. The molecule has 0 atom stereocenters. The van der Waals surface area contributed by atoms with E-state index >= 15 is 0 Å².